The first kappa shape index (κ1) is 15.0. The van der Waals surface area contributed by atoms with E-state index in [-0.39, 0.29) is 6.61 Å². The average molecular weight is 283 g/mol. The van der Waals surface area contributed by atoms with Gasteiger partial charge in [0.2, 0.25) is 5.88 Å². The molecule has 0 unspecified atom stereocenters. The summed E-state index contributed by atoms with van der Waals surface area (Å²) in [5, 5.41) is 0. The molecule has 0 radical (unpaired) electrons. The normalized spacial score (nSPS) is 11.2. The number of carbonyl (C=O) groups excluding carboxylic acids is 1. The van der Waals surface area contributed by atoms with Crippen molar-refractivity contribution in [3.63, 3.8) is 0 Å². The van der Waals surface area contributed by atoms with Crippen LogP contribution in [0.4, 0.5) is 17.6 Å². The Morgan fingerprint density at radius 2 is 2.05 bits per heavy atom. The molecule has 1 aromatic rings. The molecule has 1 N–H and O–H groups in total. The van der Waals surface area contributed by atoms with Crippen LogP contribution in [0.3, 0.4) is 0 Å². The van der Waals surface area contributed by atoms with E-state index < -0.39 is 41.6 Å². The number of pyridine rings is 1. The predicted molar refractivity (Wildman–Crippen MR) is 54.5 cm³/mol. The molecule has 1 rings (SSSR count). The van der Waals surface area contributed by atoms with Crippen LogP contribution in [-0.4, -0.2) is 23.9 Å². The minimum absolute atomic E-state index is 0.0405. The number of ether oxygens (including phenoxy) is 2. The van der Waals surface area contributed by atoms with E-state index in [1.807, 2.05) is 4.98 Å². The van der Waals surface area contributed by atoms with Crippen molar-refractivity contribution in [1.82, 2.24) is 4.98 Å². The third-order valence-electron chi connectivity index (χ3n) is 1.94. The van der Waals surface area contributed by atoms with E-state index in [1.54, 1.807) is 0 Å². The van der Waals surface area contributed by atoms with Gasteiger partial charge in [0.05, 0.1) is 12.2 Å². The summed E-state index contributed by atoms with van der Waals surface area (Å²) in [5.74, 6) is -2.21. The van der Waals surface area contributed by atoms with Crippen molar-refractivity contribution in [2.45, 2.75) is 20.0 Å². The lowest BCUT2D eigenvalue weighted by Gasteiger charge is -2.12. The lowest BCUT2D eigenvalue weighted by Crippen LogP contribution is -2.23. The quantitative estimate of drug-likeness (QED) is 0.677. The molecule has 0 aromatic carbocycles. The van der Waals surface area contributed by atoms with Crippen LogP contribution < -0.4 is 10.2 Å². The fourth-order valence-corrected chi connectivity index (χ4v) is 1.21. The van der Waals surface area contributed by atoms with E-state index in [9.17, 15) is 27.2 Å². The summed E-state index contributed by atoms with van der Waals surface area (Å²) in [4.78, 5) is 24.6. The highest BCUT2D eigenvalue weighted by molar-refractivity contribution is 5.87. The van der Waals surface area contributed by atoms with Gasteiger partial charge in [0.1, 0.15) is 12.4 Å². The van der Waals surface area contributed by atoms with Gasteiger partial charge in [-0.2, -0.15) is 0 Å². The van der Waals surface area contributed by atoms with Crippen LogP contribution in [0, 0.1) is 0 Å². The molecule has 0 fully saturated rings. The fourth-order valence-electron chi connectivity index (χ4n) is 1.21. The Balaban J connectivity index is 3.26. The summed E-state index contributed by atoms with van der Waals surface area (Å²) in [5.41, 5.74) is -2.50. The number of nitrogens with one attached hydrogen (secondary N) is 1. The SMILES string of the molecule is CCOC(=O)c1cc(=O)c(CF)c(OC(F)(F)F)[nH]1. The number of hydrogen-bond donors (Lipinski definition) is 1. The second-order valence-corrected chi connectivity index (χ2v) is 3.26. The lowest BCUT2D eigenvalue weighted by molar-refractivity contribution is -0.276. The molecule has 0 amide bonds. The molecule has 0 aliphatic heterocycles. The van der Waals surface area contributed by atoms with Gasteiger partial charge in [0, 0.05) is 6.07 Å². The first-order valence-corrected chi connectivity index (χ1v) is 5.03. The fraction of sp³-hybridized carbons (Fsp3) is 0.400. The van der Waals surface area contributed by atoms with Crippen LogP contribution in [0.25, 0.3) is 0 Å². The number of alkyl halides is 4. The number of carbonyl (C=O) groups is 1. The van der Waals surface area contributed by atoms with Gasteiger partial charge in [-0.05, 0) is 6.92 Å². The Morgan fingerprint density at radius 3 is 2.53 bits per heavy atom. The second kappa shape index (κ2) is 5.72. The molecule has 0 saturated heterocycles. The summed E-state index contributed by atoms with van der Waals surface area (Å²) in [6.45, 7) is -0.0376. The highest BCUT2D eigenvalue weighted by Crippen LogP contribution is 2.23. The summed E-state index contributed by atoms with van der Waals surface area (Å²) < 4.78 is 56.8. The Bertz CT molecular complexity index is 523. The maximum absolute atomic E-state index is 12.5. The van der Waals surface area contributed by atoms with Crippen molar-refractivity contribution in [2.75, 3.05) is 6.61 Å². The standard InChI is InChI=1S/C10H9F4NO4/c1-2-18-9(17)6-3-7(16)5(4-11)8(15-6)19-10(12,13)14/h3H,2,4H2,1H3,(H,15,16). The zero-order valence-electron chi connectivity index (χ0n) is 9.64. The van der Waals surface area contributed by atoms with Gasteiger partial charge in [-0.3, -0.25) is 4.79 Å². The Morgan fingerprint density at radius 1 is 1.42 bits per heavy atom. The lowest BCUT2D eigenvalue weighted by atomic mass is 10.2. The van der Waals surface area contributed by atoms with E-state index in [0.29, 0.717) is 6.07 Å². The van der Waals surface area contributed by atoms with E-state index in [0.717, 1.165) is 0 Å². The largest absolute Gasteiger partial charge is 0.574 e. The van der Waals surface area contributed by atoms with Crippen LogP contribution in [0.5, 0.6) is 5.88 Å². The number of aromatic nitrogens is 1. The maximum atomic E-state index is 12.5. The van der Waals surface area contributed by atoms with Gasteiger partial charge in [0.25, 0.3) is 0 Å². The molecule has 0 bridgehead atoms. The van der Waals surface area contributed by atoms with Crippen molar-refractivity contribution in [3.05, 3.63) is 27.5 Å². The zero-order valence-corrected chi connectivity index (χ0v) is 9.64. The Hall–Kier alpha value is -2.06. The van der Waals surface area contributed by atoms with Crippen molar-refractivity contribution >= 4 is 5.97 Å². The van der Waals surface area contributed by atoms with Crippen molar-refractivity contribution in [1.29, 1.82) is 0 Å². The van der Waals surface area contributed by atoms with Crippen molar-refractivity contribution in [3.8, 4) is 5.88 Å². The third kappa shape index (κ3) is 3.97. The van der Waals surface area contributed by atoms with Crippen LogP contribution in [0.1, 0.15) is 23.0 Å². The monoisotopic (exact) mass is 283 g/mol. The van der Waals surface area contributed by atoms with Gasteiger partial charge in [-0.15, -0.1) is 13.2 Å². The summed E-state index contributed by atoms with van der Waals surface area (Å²) in [7, 11) is 0. The molecule has 5 nitrogen and oxygen atoms in total. The van der Waals surface area contributed by atoms with Gasteiger partial charge in [-0.1, -0.05) is 0 Å². The first-order chi connectivity index (χ1) is 8.78. The smallest absolute Gasteiger partial charge is 0.461 e. The van der Waals surface area contributed by atoms with E-state index >= 15 is 0 Å². The van der Waals surface area contributed by atoms with Gasteiger partial charge in [0.15, 0.2) is 5.43 Å². The van der Waals surface area contributed by atoms with Crippen molar-refractivity contribution in [2.24, 2.45) is 0 Å². The number of rotatable bonds is 4. The molecule has 0 spiro atoms. The Labute approximate surface area is 104 Å². The Kier molecular flexibility index (Phi) is 4.52. The second-order valence-electron chi connectivity index (χ2n) is 3.26. The predicted octanol–water partition coefficient (Wildman–Crippen LogP) is 1.92. The number of halogens is 4. The summed E-state index contributed by atoms with van der Waals surface area (Å²) in [6.07, 6.45) is -5.12. The first-order valence-electron chi connectivity index (χ1n) is 5.03. The van der Waals surface area contributed by atoms with Crippen molar-refractivity contribution < 1.29 is 31.8 Å². The van der Waals surface area contributed by atoms with Crippen LogP contribution >= 0.6 is 0 Å². The number of aromatic amines is 1. The van der Waals surface area contributed by atoms with Gasteiger partial charge >= 0.3 is 12.3 Å². The number of esters is 1. The molecule has 1 heterocycles. The third-order valence-corrected chi connectivity index (χ3v) is 1.94. The minimum Gasteiger partial charge on any atom is -0.461 e. The molecule has 0 atom stereocenters. The van der Waals surface area contributed by atoms with Crippen LogP contribution in [-0.2, 0) is 11.4 Å². The summed E-state index contributed by atoms with van der Waals surface area (Å²) >= 11 is 0. The molecule has 1 aromatic heterocycles. The molecule has 106 valence electrons. The summed E-state index contributed by atoms with van der Waals surface area (Å²) in [6, 6.07) is 0.649. The molecular weight excluding hydrogens is 274 g/mol. The molecule has 9 heteroatoms. The highest BCUT2D eigenvalue weighted by atomic mass is 19.4. The highest BCUT2D eigenvalue weighted by Gasteiger charge is 2.33. The zero-order chi connectivity index (χ0) is 14.6. The van der Waals surface area contributed by atoms with E-state index in [4.69, 9.17) is 0 Å². The van der Waals surface area contributed by atoms with Crippen LogP contribution in [0.15, 0.2) is 10.9 Å². The molecule has 0 aliphatic carbocycles. The number of hydrogen-bond acceptors (Lipinski definition) is 4. The van der Waals surface area contributed by atoms with Gasteiger partial charge < -0.3 is 14.5 Å². The van der Waals surface area contributed by atoms with Gasteiger partial charge in [-0.25, -0.2) is 9.18 Å². The van der Waals surface area contributed by atoms with E-state index in [1.165, 1.54) is 6.92 Å². The molecule has 0 aliphatic rings. The molecule has 0 saturated carbocycles. The maximum Gasteiger partial charge on any atom is 0.574 e. The topological polar surface area (TPSA) is 68.4 Å². The van der Waals surface area contributed by atoms with E-state index in [2.05, 4.69) is 9.47 Å². The molecular formula is C10H9F4NO4. The molecule has 19 heavy (non-hydrogen) atoms. The number of H-pyrrole nitrogens is 1. The average Bonchev–Trinajstić information content (AvgIpc) is 2.26. The minimum atomic E-state index is -5.12. The van der Waals surface area contributed by atoms with Crippen LogP contribution in [0.2, 0.25) is 0 Å².